The summed E-state index contributed by atoms with van der Waals surface area (Å²) < 4.78 is 0. The molecule has 1 aromatic carbocycles. The Kier molecular flexibility index (Phi) is 2.72. The zero-order valence-electron chi connectivity index (χ0n) is 8.44. The van der Waals surface area contributed by atoms with Gasteiger partial charge in [0.15, 0.2) is 0 Å². The van der Waals surface area contributed by atoms with Gasteiger partial charge < -0.3 is 10.4 Å². The molecule has 88 valence electrons. The number of benzene rings is 1. The third-order valence-electron chi connectivity index (χ3n) is 2.29. The van der Waals surface area contributed by atoms with E-state index < -0.39 is 17.9 Å². The fourth-order valence-corrected chi connectivity index (χ4v) is 1.83. The van der Waals surface area contributed by atoms with Crippen LogP contribution in [0.3, 0.4) is 0 Å². The molecule has 1 aliphatic rings. The van der Waals surface area contributed by atoms with Gasteiger partial charge in [0.1, 0.15) is 5.56 Å². The predicted octanol–water partition coefficient (Wildman–Crippen LogP) is 1.09. The Morgan fingerprint density at radius 1 is 1.41 bits per heavy atom. The van der Waals surface area contributed by atoms with E-state index in [1.807, 2.05) is 0 Å². The van der Waals surface area contributed by atoms with Crippen molar-refractivity contribution in [2.45, 2.75) is 0 Å². The predicted molar refractivity (Wildman–Crippen MR) is 59.3 cm³/mol. The number of amides is 3. The van der Waals surface area contributed by atoms with Crippen LogP contribution in [0.15, 0.2) is 18.2 Å². The van der Waals surface area contributed by atoms with Crippen molar-refractivity contribution in [3.63, 3.8) is 0 Å². The normalized spacial score (nSPS) is 15.0. The van der Waals surface area contributed by atoms with Gasteiger partial charge in [-0.1, -0.05) is 17.7 Å². The summed E-state index contributed by atoms with van der Waals surface area (Å²) in [6.45, 7) is -0.148. The van der Waals surface area contributed by atoms with Gasteiger partial charge in [0.25, 0.3) is 5.91 Å². The average molecular weight is 255 g/mol. The van der Waals surface area contributed by atoms with Crippen LogP contribution in [-0.4, -0.2) is 29.6 Å². The van der Waals surface area contributed by atoms with E-state index >= 15 is 0 Å². The summed E-state index contributed by atoms with van der Waals surface area (Å²) in [5.74, 6) is -1.81. The second kappa shape index (κ2) is 4.06. The summed E-state index contributed by atoms with van der Waals surface area (Å²) >= 11 is 5.75. The Balaban J connectivity index is 2.59. The van der Waals surface area contributed by atoms with E-state index in [4.69, 9.17) is 16.7 Å². The molecule has 0 atom stereocenters. The number of aromatic carboxylic acids is 1. The highest BCUT2D eigenvalue weighted by molar-refractivity contribution is 6.35. The summed E-state index contributed by atoms with van der Waals surface area (Å²) in [5, 5.41) is 11.3. The van der Waals surface area contributed by atoms with Gasteiger partial charge in [-0.15, -0.1) is 0 Å². The molecule has 3 amide bonds. The lowest BCUT2D eigenvalue weighted by Crippen LogP contribution is -2.32. The lowest BCUT2D eigenvalue weighted by atomic mass is 10.1. The third kappa shape index (κ3) is 1.83. The second-order valence-corrected chi connectivity index (χ2v) is 3.73. The van der Waals surface area contributed by atoms with Crippen LogP contribution in [0.5, 0.6) is 0 Å². The fraction of sp³-hybridized carbons (Fsp3) is 0.100. The van der Waals surface area contributed by atoms with E-state index in [9.17, 15) is 14.4 Å². The fourth-order valence-electron chi connectivity index (χ4n) is 1.58. The summed E-state index contributed by atoms with van der Waals surface area (Å²) in [6, 6.07) is 3.56. The third-order valence-corrected chi connectivity index (χ3v) is 2.60. The number of imide groups is 1. The highest BCUT2D eigenvalue weighted by Crippen LogP contribution is 2.28. The lowest BCUT2D eigenvalue weighted by Gasteiger charge is -2.15. The number of urea groups is 1. The van der Waals surface area contributed by atoms with Crippen LogP contribution in [0.2, 0.25) is 5.02 Å². The number of anilines is 1. The molecule has 0 saturated carbocycles. The number of carboxylic acids is 1. The zero-order valence-corrected chi connectivity index (χ0v) is 9.19. The van der Waals surface area contributed by atoms with E-state index in [1.165, 1.54) is 18.2 Å². The second-order valence-electron chi connectivity index (χ2n) is 3.33. The van der Waals surface area contributed by atoms with Crippen molar-refractivity contribution in [1.29, 1.82) is 0 Å². The smallest absolute Gasteiger partial charge is 0.339 e. The Morgan fingerprint density at radius 3 is 2.65 bits per heavy atom. The first-order valence-electron chi connectivity index (χ1n) is 4.65. The summed E-state index contributed by atoms with van der Waals surface area (Å²) in [4.78, 5) is 34.7. The number of rotatable bonds is 2. The van der Waals surface area contributed by atoms with E-state index in [2.05, 4.69) is 5.32 Å². The Bertz CT molecular complexity index is 513. The lowest BCUT2D eigenvalue weighted by molar-refractivity contribution is -0.115. The molecule has 2 rings (SSSR count). The first-order chi connectivity index (χ1) is 8.02. The standard InChI is InChI=1S/C10H7ClN2O4/c11-5-2-1-3-6(8(5)9(15)16)13-7(14)4-12-10(13)17/h1-3H,4H2,(H,12,17)(H,15,16). The molecule has 0 spiro atoms. The molecule has 2 N–H and O–H groups in total. The van der Waals surface area contributed by atoms with Crippen molar-refractivity contribution in [3.05, 3.63) is 28.8 Å². The number of carboxylic acid groups (broad SMARTS) is 1. The van der Waals surface area contributed by atoms with Crippen LogP contribution in [0.25, 0.3) is 0 Å². The summed E-state index contributed by atoms with van der Waals surface area (Å²) in [5.41, 5.74) is -0.287. The van der Waals surface area contributed by atoms with Gasteiger partial charge in [-0.25, -0.2) is 14.5 Å². The number of halogens is 1. The monoisotopic (exact) mass is 254 g/mol. The largest absolute Gasteiger partial charge is 0.478 e. The minimum absolute atomic E-state index is 0.0231. The van der Waals surface area contributed by atoms with E-state index in [-0.39, 0.29) is 22.8 Å². The molecule has 0 radical (unpaired) electrons. The number of nitrogens with zero attached hydrogens (tertiary/aromatic N) is 1. The molecule has 7 heteroatoms. The Morgan fingerprint density at radius 2 is 2.12 bits per heavy atom. The Labute approximate surface area is 101 Å². The number of hydrogen-bond acceptors (Lipinski definition) is 3. The molecular weight excluding hydrogens is 248 g/mol. The maximum Gasteiger partial charge on any atom is 0.339 e. The molecular formula is C10H7ClN2O4. The molecule has 0 bridgehead atoms. The molecule has 1 fully saturated rings. The van der Waals surface area contributed by atoms with Gasteiger partial charge in [-0.3, -0.25) is 4.79 Å². The first kappa shape index (κ1) is 11.4. The van der Waals surface area contributed by atoms with Gasteiger partial charge in [0.05, 0.1) is 17.3 Å². The SMILES string of the molecule is O=C(O)c1c(Cl)cccc1N1C(=O)CNC1=O. The number of carbonyl (C=O) groups is 3. The minimum Gasteiger partial charge on any atom is -0.478 e. The molecule has 1 aliphatic heterocycles. The average Bonchev–Trinajstić information content (AvgIpc) is 2.57. The van der Waals surface area contributed by atoms with Crippen LogP contribution in [0.1, 0.15) is 10.4 Å². The number of carbonyl (C=O) groups excluding carboxylic acids is 2. The van der Waals surface area contributed by atoms with Crippen molar-refractivity contribution < 1.29 is 19.5 Å². The molecule has 0 unspecified atom stereocenters. The maximum atomic E-state index is 11.5. The summed E-state index contributed by atoms with van der Waals surface area (Å²) in [6.07, 6.45) is 0. The Hall–Kier alpha value is -2.08. The molecule has 1 aromatic rings. The molecule has 0 aromatic heterocycles. The van der Waals surface area contributed by atoms with Crippen LogP contribution in [-0.2, 0) is 4.79 Å². The van der Waals surface area contributed by atoms with E-state index in [0.717, 1.165) is 4.90 Å². The van der Waals surface area contributed by atoms with E-state index in [1.54, 1.807) is 0 Å². The van der Waals surface area contributed by atoms with Crippen LogP contribution < -0.4 is 10.2 Å². The van der Waals surface area contributed by atoms with Crippen molar-refractivity contribution in [2.24, 2.45) is 0 Å². The van der Waals surface area contributed by atoms with Crippen molar-refractivity contribution in [2.75, 3.05) is 11.4 Å². The van der Waals surface area contributed by atoms with Gasteiger partial charge in [-0.2, -0.15) is 0 Å². The highest BCUT2D eigenvalue weighted by Gasteiger charge is 2.33. The summed E-state index contributed by atoms with van der Waals surface area (Å²) in [7, 11) is 0. The van der Waals surface area contributed by atoms with Gasteiger partial charge in [-0.05, 0) is 12.1 Å². The molecule has 0 aliphatic carbocycles. The van der Waals surface area contributed by atoms with Crippen molar-refractivity contribution in [1.82, 2.24) is 5.32 Å². The number of nitrogens with one attached hydrogen (secondary N) is 1. The quantitative estimate of drug-likeness (QED) is 0.774. The van der Waals surface area contributed by atoms with Gasteiger partial charge in [0.2, 0.25) is 0 Å². The molecule has 6 nitrogen and oxygen atoms in total. The van der Waals surface area contributed by atoms with Crippen LogP contribution in [0.4, 0.5) is 10.5 Å². The van der Waals surface area contributed by atoms with Crippen LogP contribution >= 0.6 is 11.6 Å². The minimum atomic E-state index is -1.29. The van der Waals surface area contributed by atoms with Crippen molar-refractivity contribution in [3.8, 4) is 0 Å². The van der Waals surface area contributed by atoms with Gasteiger partial charge >= 0.3 is 12.0 Å². The molecule has 17 heavy (non-hydrogen) atoms. The van der Waals surface area contributed by atoms with Crippen LogP contribution in [0, 0.1) is 0 Å². The molecule has 1 saturated heterocycles. The highest BCUT2D eigenvalue weighted by atomic mass is 35.5. The van der Waals surface area contributed by atoms with E-state index in [0.29, 0.717) is 0 Å². The van der Waals surface area contributed by atoms with Gasteiger partial charge in [0, 0.05) is 0 Å². The van der Waals surface area contributed by atoms with Crippen molar-refractivity contribution >= 4 is 35.2 Å². The maximum absolute atomic E-state index is 11.5. The molecule has 1 heterocycles. The number of hydrogen-bond donors (Lipinski definition) is 2. The topological polar surface area (TPSA) is 86.7 Å². The zero-order chi connectivity index (χ0) is 12.6. The first-order valence-corrected chi connectivity index (χ1v) is 5.02.